The van der Waals surface area contributed by atoms with Crippen LogP contribution in [0.4, 0.5) is 0 Å². The van der Waals surface area contributed by atoms with E-state index in [4.69, 9.17) is 10.5 Å². The molecule has 1 aliphatic heterocycles. The van der Waals surface area contributed by atoms with Crippen molar-refractivity contribution in [3.05, 3.63) is 29.3 Å². The first-order chi connectivity index (χ1) is 6.74. The first-order valence-corrected chi connectivity index (χ1v) is 4.58. The quantitative estimate of drug-likeness (QED) is 0.707. The van der Waals surface area contributed by atoms with Gasteiger partial charge in [-0.3, -0.25) is 0 Å². The van der Waals surface area contributed by atoms with E-state index in [1.54, 1.807) is 12.1 Å². The van der Waals surface area contributed by atoms with E-state index in [0.717, 1.165) is 16.7 Å². The number of aromatic hydroxyl groups is 1. The van der Waals surface area contributed by atoms with Crippen molar-refractivity contribution in [3.63, 3.8) is 0 Å². The van der Waals surface area contributed by atoms with Gasteiger partial charge in [0.05, 0.1) is 0 Å². The van der Waals surface area contributed by atoms with Crippen LogP contribution in [-0.2, 0) is 0 Å². The standard InChI is InChI=1S/C11H13NO2/c1-7-8(5-12)6-14-11-9(7)3-2-4-10(11)13/h2-4,13H,5-6,12H2,1H3. The molecule has 0 aromatic heterocycles. The minimum Gasteiger partial charge on any atom is -0.504 e. The van der Waals surface area contributed by atoms with Gasteiger partial charge in [0, 0.05) is 12.1 Å². The monoisotopic (exact) mass is 191 g/mol. The number of allylic oxidation sites excluding steroid dienone is 1. The second kappa shape index (κ2) is 3.35. The molecule has 0 bridgehead atoms. The Balaban J connectivity index is 2.58. The molecule has 3 N–H and O–H groups in total. The summed E-state index contributed by atoms with van der Waals surface area (Å²) in [6, 6.07) is 5.36. The van der Waals surface area contributed by atoms with Crippen molar-refractivity contribution in [2.24, 2.45) is 5.73 Å². The normalized spacial score (nSPS) is 15.0. The largest absolute Gasteiger partial charge is 0.504 e. The number of benzene rings is 1. The third-order valence-electron chi connectivity index (χ3n) is 2.57. The van der Waals surface area contributed by atoms with Crippen LogP contribution < -0.4 is 10.5 Å². The minimum atomic E-state index is 0.193. The van der Waals surface area contributed by atoms with E-state index in [-0.39, 0.29) is 5.75 Å². The Morgan fingerprint density at radius 1 is 1.50 bits per heavy atom. The van der Waals surface area contributed by atoms with Crippen LogP contribution in [0.5, 0.6) is 11.5 Å². The summed E-state index contributed by atoms with van der Waals surface area (Å²) in [7, 11) is 0. The van der Waals surface area contributed by atoms with Crippen molar-refractivity contribution in [2.45, 2.75) is 6.92 Å². The molecule has 3 nitrogen and oxygen atoms in total. The molecule has 1 aromatic carbocycles. The average molecular weight is 191 g/mol. The molecule has 0 radical (unpaired) electrons. The highest BCUT2D eigenvalue weighted by Crippen LogP contribution is 2.38. The van der Waals surface area contributed by atoms with Gasteiger partial charge in [-0.1, -0.05) is 12.1 Å². The molecule has 0 atom stereocenters. The zero-order chi connectivity index (χ0) is 10.1. The molecule has 0 aliphatic carbocycles. The van der Waals surface area contributed by atoms with Crippen LogP contribution in [-0.4, -0.2) is 18.3 Å². The molecule has 1 heterocycles. The minimum absolute atomic E-state index is 0.193. The lowest BCUT2D eigenvalue weighted by Crippen LogP contribution is -2.17. The number of para-hydroxylation sites is 1. The lowest BCUT2D eigenvalue weighted by molar-refractivity contribution is 0.321. The van der Waals surface area contributed by atoms with E-state index in [1.807, 2.05) is 13.0 Å². The molecular formula is C11H13NO2. The van der Waals surface area contributed by atoms with Crippen LogP contribution in [0.3, 0.4) is 0 Å². The van der Waals surface area contributed by atoms with E-state index >= 15 is 0 Å². The number of hydrogen-bond donors (Lipinski definition) is 2. The van der Waals surface area contributed by atoms with E-state index in [1.165, 1.54) is 0 Å². The molecule has 0 unspecified atom stereocenters. The van der Waals surface area contributed by atoms with Crippen LogP contribution in [0.15, 0.2) is 23.8 Å². The molecule has 74 valence electrons. The van der Waals surface area contributed by atoms with Crippen molar-refractivity contribution in [2.75, 3.05) is 13.2 Å². The smallest absolute Gasteiger partial charge is 0.168 e. The molecule has 0 saturated heterocycles. The van der Waals surface area contributed by atoms with Crippen LogP contribution in [0.1, 0.15) is 12.5 Å². The van der Waals surface area contributed by atoms with Gasteiger partial charge < -0.3 is 15.6 Å². The molecule has 14 heavy (non-hydrogen) atoms. The van der Waals surface area contributed by atoms with Gasteiger partial charge in [-0.05, 0) is 24.1 Å². The summed E-state index contributed by atoms with van der Waals surface area (Å²) >= 11 is 0. The number of phenolic OH excluding ortho intramolecular Hbond substituents is 1. The number of ether oxygens (including phenoxy) is 1. The maximum absolute atomic E-state index is 9.55. The van der Waals surface area contributed by atoms with Crippen molar-refractivity contribution >= 4 is 5.57 Å². The molecule has 0 fully saturated rings. The van der Waals surface area contributed by atoms with Crippen molar-refractivity contribution < 1.29 is 9.84 Å². The second-order valence-corrected chi connectivity index (χ2v) is 3.38. The first kappa shape index (κ1) is 9.09. The van der Waals surface area contributed by atoms with Gasteiger partial charge in [0.1, 0.15) is 6.61 Å². The van der Waals surface area contributed by atoms with Crippen LogP contribution >= 0.6 is 0 Å². The van der Waals surface area contributed by atoms with Crippen molar-refractivity contribution in [3.8, 4) is 11.5 Å². The highest BCUT2D eigenvalue weighted by molar-refractivity contribution is 5.75. The number of nitrogens with two attached hydrogens (primary N) is 1. The third-order valence-corrected chi connectivity index (χ3v) is 2.57. The Labute approximate surface area is 82.8 Å². The van der Waals surface area contributed by atoms with Crippen molar-refractivity contribution in [1.29, 1.82) is 0 Å². The zero-order valence-electron chi connectivity index (χ0n) is 8.08. The summed E-state index contributed by atoms with van der Waals surface area (Å²) in [6.45, 7) is 2.98. The van der Waals surface area contributed by atoms with Crippen LogP contribution in [0, 0.1) is 0 Å². The van der Waals surface area contributed by atoms with Gasteiger partial charge in [-0.2, -0.15) is 0 Å². The maximum atomic E-state index is 9.55. The van der Waals surface area contributed by atoms with Gasteiger partial charge >= 0.3 is 0 Å². The zero-order valence-corrected chi connectivity index (χ0v) is 8.08. The molecule has 1 aromatic rings. The van der Waals surface area contributed by atoms with E-state index < -0.39 is 0 Å². The Bertz CT molecular complexity index is 396. The molecule has 0 amide bonds. The topological polar surface area (TPSA) is 55.5 Å². The van der Waals surface area contributed by atoms with Gasteiger partial charge in [-0.25, -0.2) is 0 Å². The SMILES string of the molecule is CC1=C(CN)COc2c(O)cccc21. The number of fused-ring (bicyclic) bond motifs is 1. The summed E-state index contributed by atoms with van der Waals surface area (Å²) in [4.78, 5) is 0. The fraction of sp³-hybridized carbons (Fsp3) is 0.273. The summed E-state index contributed by atoms with van der Waals surface area (Å²) < 4.78 is 5.44. The number of rotatable bonds is 1. The summed E-state index contributed by atoms with van der Waals surface area (Å²) in [6.07, 6.45) is 0. The van der Waals surface area contributed by atoms with E-state index in [2.05, 4.69) is 0 Å². The van der Waals surface area contributed by atoms with E-state index in [0.29, 0.717) is 18.9 Å². The van der Waals surface area contributed by atoms with Gasteiger partial charge in [-0.15, -0.1) is 0 Å². The molecular weight excluding hydrogens is 178 g/mol. The molecule has 0 saturated carbocycles. The fourth-order valence-electron chi connectivity index (χ4n) is 1.64. The summed E-state index contributed by atoms with van der Waals surface area (Å²) in [5.74, 6) is 0.764. The molecule has 1 aliphatic rings. The lowest BCUT2D eigenvalue weighted by atomic mass is 9.98. The fourth-order valence-corrected chi connectivity index (χ4v) is 1.64. The van der Waals surface area contributed by atoms with E-state index in [9.17, 15) is 5.11 Å². The average Bonchev–Trinajstić information content (AvgIpc) is 2.20. The van der Waals surface area contributed by atoms with Gasteiger partial charge in [0.25, 0.3) is 0 Å². The number of hydrogen-bond acceptors (Lipinski definition) is 3. The predicted molar refractivity (Wildman–Crippen MR) is 55.3 cm³/mol. The highest BCUT2D eigenvalue weighted by Gasteiger charge is 2.18. The molecule has 0 spiro atoms. The van der Waals surface area contributed by atoms with Gasteiger partial charge in [0.15, 0.2) is 11.5 Å². The first-order valence-electron chi connectivity index (χ1n) is 4.58. The maximum Gasteiger partial charge on any atom is 0.168 e. The highest BCUT2D eigenvalue weighted by atomic mass is 16.5. The Hall–Kier alpha value is -1.48. The van der Waals surface area contributed by atoms with Gasteiger partial charge in [0.2, 0.25) is 0 Å². The second-order valence-electron chi connectivity index (χ2n) is 3.38. The lowest BCUT2D eigenvalue weighted by Gasteiger charge is -2.21. The molecule has 3 heteroatoms. The molecule has 2 rings (SSSR count). The Morgan fingerprint density at radius 2 is 2.29 bits per heavy atom. The predicted octanol–water partition coefficient (Wildman–Crippen LogP) is 1.52. The van der Waals surface area contributed by atoms with Crippen LogP contribution in [0.2, 0.25) is 0 Å². The Kier molecular flexibility index (Phi) is 2.17. The van der Waals surface area contributed by atoms with Crippen LogP contribution in [0.25, 0.3) is 5.57 Å². The summed E-state index contributed by atoms with van der Waals surface area (Å²) in [5, 5.41) is 9.55. The number of phenols is 1. The third kappa shape index (κ3) is 1.26. The van der Waals surface area contributed by atoms with Crippen molar-refractivity contribution in [1.82, 2.24) is 0 Å². The summed E-state index contributed by atoms with van der Waals surface area (Å²) in [5.41, 5.74) is 8.73. The Morgan fingerprint density at radius 3 is 3.00 bits per heavy atom.